The summed E-state index contributed by atoms with van der Waals surface area (Å²) in [6.07, 6.45) is 1.88. The minimum Gasteiger partial charge on any atom is -0.505 e. The van der Waals surface area contributed by atoms with Gasteiger partial charge in [-0.3, -0.25) is 14.6 Å². The fourth-order valence-electron chi connectivity index (χ4n) is 0.988. The molecule has 0 saturated heterocycles. The molecular weight excluding hydrogens is 272 g/mol. The van der Waals surface area contributed by atoms with Gasteiger partial charge in [-0.25, -0.2) is 0 Å². The average Bonchev–Trinajstić information content (AvgIpc) is 2.41. The lowest BCUT2D eigenvalue weighted by Gasteiger charge is -2.04. The summed E-state index contributed by atoms with van der Waals surface area (Å²) in [6, 6.07) is -0.816. The third-order valence-corrected chi connectivity index (χ3v) is 2.55. The molecule has 7 nitrogen and oxygen atoms in total. The molecule has 0 radical (unpaired) electrons. The molecule has 0 spiro atoms. The maximum absolute atomic E-state index is 10.5. The first-order valence-corrected chi connectivity index (χ1v) is 5.84. The number of aryl methyl sites for hydroxylation is 1. The summed E-state index contributed by atoms with van der Waals surface area (Å²) in [5.41, 5.74) is 5.78. The van der Waals surface area contributed by atoms with Crippen molar-refractivity contribution < 1.29 is 24.9 Å². The van der Waals surface area contributed by atoms with E-state index in [1.54, 1.807) is 6.92 Å². The van der Waals surface area contributed by atoms with E-state index in [1.165, 1.54) is 6.20 Å². The molecule has 0 aliphatic rings. The van der Waals surface area contributed by atoms with Gasteiger partial charge in [0.2, 0.25) is 0 Å². The smallest absolute Gasteiger partial charge is 0.321 e. The summed E-state index contributed by atoms with van der Waals surface area (Å²) >= 11 is 3.65. The monoisotopic (exact) mass is 288 g/mol. The molecule has 0 fully saturated rings. The van der Waals surface area contributed by atoms with Crippen molar-refractivity contribution in [3.63, 3.8) is 0 Å². The fourth-order valence-corrected chi connectivity index (χ4v) is 1.14. The highest BCUT2D eigenvalue weighted by atomic mass is 32.1. The molecule has 0 saturated carbocycles. The Bertz CT molecular complexity index is 453. The van der Waals surface area contributed by atoms with Gasteiger partial charge >= 0.3 is 5.97 Å². The van der Waals surface area contributed by atoms with Crippen LogP contribution in [0.2, 0.25) is 0 Å². The van der Waals surface area contributed by atoms with Gasteiger partial charge in [0.25, 0.3) is 0 Å². The van der Waals surface area contributed by atoms with Crippen LogP contribution < -0.4 is 5.73 Å². The van der Waals surface area contributed by atoms with E-state index >= 15 is 0 Å². The van der Waals surface area contributed by atoms with Crippen LogP contribution in [0.5, 0.6) is 5.75 Å². The third-order valence-electron chi connectivity index (χ3n) is 2.16. The molecule has 0 amide bonds. The van der Waals surface area contributed by atoms with Crippen LogP contribution in [0.25, 0.3) is 0 Å². The molecule has 1 atom stereocenters. The molecule has 1 aromatic heterocycles. The number of aliphatic hydroxyl groups is 1. The highest BCUT2D eigenvalue weighted by Gasteiger charge is 2.09. The zero-order valence-corrected chi connectivity index (χ0v) is 11.2. The number of aromatic hydroxyl groups is 1. The van der Waals surface area contributed by atoms with Crippen molar-refractivity contribution in [2.45, 2.75) is 19.6 Å². The van der Waals surface area contributed by atoms with Gasteiger partial charge in [0, 0.05) is 17.5 Å². The van der Waals surface area contributed by atoms with Gasteiger partial charge < -0.3 is 21.1 Å². The van der Waals surface area contributed by atoms with Crippen molar-refractivity contribution in [2.24, 2.45) is 5.73 Å². The van der Waals surface area contributed by atoms with E-state index in [4.69, 9.17) is 15.9 Å². The van der Waals surface area contributed by atoms with Crippen molar-refractivity contribution in [3.8, 4) is 5.75 Å². The number of hydrogen-bond donors (Lipinski definition) is 5. The average molecular weight is 288 g/mol. The van der Waals surface area contributed by atoms with Crippen molar-refractivity contribution in [3.05, 3.63) is 23.0 Å². The number of pyridine rings is 1. The molecule has 0 aliphatic carbocycles. The fraction of sp³-hybridized carbons (Fsp3) is 0.364. The van der Waals surface area contributed by atoms with E-state index in [0.29, 0.717) is 17.5 Å². The maximum Gasteiger partial charge on any atom is 0.321 e. The summed E-state index contributed by atoms with van der Waals surface area (Å²) in [6.45, 7) is 1.29. The van der Waals surface area contributed by atoms with E-state index in [2.05, 4.69) is 17.6 Å². The lowest BCUT2D eigenvalue weighted by atomic mass is 10.1. The predicted molar refractivity (Wildman–Crippen MR) is 71.4 cm³/mol. The van der Waals surface area contributed by atoms with Crippen LogP contribution in [0.4, 0.5) is 0 Å². The van der Waals surface area contributed by atoms with E-state index in [0.717, 1.165) is 0 Å². The van der Waals surface area contributed by atoms with Gasteiger partial charge in [-0.1, -0.05) is 0 Å². The molecule has 8 heteroatoms. The van der Waals surface area contributed by atoms with Crippen molar-refractivity contribution in [1.82, 2.24) is 4.98 Å². The number of carboxylic acid groups (broad SMARTS) is 1. The zero-order chi connectivity index (χ0) is 15.0. The minimum atomic E-state index is -1.00. The highest BCUT2D eigenvalue weighted by molar-refractivity contribution is 7.80. The van der Waals surface area contributed by atoms with Gasteiger partial charge in [-0.2, -0.15) is 12.6 Å². The van der Waals surface area contributed by atoms with Crippen molar-refractivity contribution in [2.75, 3.05) is 5.75 Å². The molecule has 1 aromatic rings. The normalized spacial score (nSPS) is 11.2. The number of aldehydes is 1. The Balaban J connectivity index is 0.000000399. The van der Waals surface area contributed by atoms with E-state index in [9.17, 15) is 14.7 Å². The second-order valence-corrected chi connectivity index (χ2v) is 3.90. The van der Waals surface area contributed by atoms with E-state index in [-0.39, 0.29) is 23.7 Å². The number of thiol groups is 1. The molecule has 1 rings (SSSR count). The molecule has 5 N–H and O–H groups in total. The second-order valence-electron chi connectivity index (χ2n) is 3.53. The number of aliphatic hydroxyl groups excluding tert-OH is 1. The number of nitrogens with zero attached hydrogens (tertiary/aromatic N) is 1. The van der Waals surface area contributed by atoms with Crippen molar-refractivity contribution >= 4 is 24.9 Å². The summed E-state index contributed by atoms with van der Waals surface area (Å²) in [4.78, 5) is 24.0. The van der Waals surface area contributed by atoms with Crippen LogP contribution >= 0.6 is 12.6 Å². The van der Waals surface area contributed by atoms with Gasteiger partial charge in [0.15, 0.2) is 6.29 Å². The molecule has 0 aliphatic heterocycles. The van der Waals surface area contributed by atoms with Gasteiger partial charge in [-0.05, 0) is 6.92 Å². The number of carbonyl (C=O) groups excluding carboxylic acids is 1. The summed E-state index contributed by atoms with van der Waals surface area (Å²) < 4.78 is 0. The van der Waals surface area contributed by atoms with Crippen LogP contribution in [-0.4, -0.2) is 44.4 Å². The molecule has 0 aromatic carbocycles. The van der Waals surface area contributed by atoms with E-state index in [1.807, 2.05) is 0 Å². The van der Waals surface area contributed by atoms with Crippen molar-refractivity contribution in [1.29, 1.82) is 0 Å². The Morgan fingerprint density at radius 1 is 1.63 bits per heavy atom. The van der Waals surface area contributed by atoms with Gasteiger partial charge in [0.05, 0.1) is 17.9 Å². The largest absolute Gasteiger partial charge is 0.505 e. The lowest BCUT2D eigenvalue weighted by molar-refractivity contribution is -0.137. The molecular formula is C11H16N2O5S. The minimum absolute atomic E-state index is 0.116. The summed E-state index contributed by atoms with van der Waals surface area (Å²) in [5.74, 6) is -0.971. The number of aliphatic carboxylic acids is 1. The Hall–Kier alpha value is -1.64. The molecule has 106 valence electrons. The Labute approximate surface area is 115 Å². The quantitative estimate of drug-likeness (QED) is 0.380. The third kappa shape index (κ3) is 5.25. The summed E-state index contributed by atoms with van der Waals surface area (Å²) in [7, 11) is 0. The number of aromatic nitrogens is 1. The van der Waals surface area contributed by atoms with E-state index < -0.39 is 12.0 Å². The number of hydrogen-bond acceptors (Lipinski definition) is 7. The van der Waals surface area contributed by atoms with Crippen LogP contribution in [-0.2, 0) is 11.4 Å². The van der Waals surface area contributed by atoms with Gasteiger partial charge in [-0.15, -0.1) is 0 Å². The van der Waals surface area contributed by atoms with Gasteiger partial charge in [0.1, 0.15) is 11.8 Å². The topological polar surface area (TPSA) is 134 Å². The number of nitrogens with two attached hydrogens (primary N) is 1. The molecule has 1 unspecified atom stereocenters. The summed E-state index contributed by atoms with van der Waals surface area (Å²) in [5, 5.41) is 26.1. The molecule has 1 heterocycles. The number of rotatable bonds is 4. The first-order chi connectivity index (χ1) is 8.88. The first-order valence-electron chi connectivity index (χ1n) is 5.21. The maximum atomic E-state index is 10.5. The Morgan fingerprint density at radius 3 is 2.53 bits per heavy atom. The van der Waals surface area contributed by atoms with Crippen LogP contribution in [0.15, 0.2) is 6.20 Å². The Kier molecular flexibility index (Phi) is 7.73. The highest BCUT2D eigenvalue weighted by Crippen LogP contribution is 2.21. The Morgan fingerprint density at radius 2 is 2.21 bits per heavy atom. The second kappa shape index (κ2) is 8.46. The zero-order valence-electron chi connectivity index (χ0n) is 10.3. The predicted octanol–water partition coefficient (Wildman–Crippen LogP) is -0.271. The number of carbonyl (C=O) groups is 2. The molecule has 0 bridgehead atoms. The SMILES string of the molecule is Cc1ncc(CO)c(C=O)c1O.NC(CS)C(=O)O. The number of carboxylic acids is 1. The van der Waals surface area contributed by atoms with Crippen LogP contribution in [0.1, 0.15) is 21.6 Å². The molecule has 19 heavy (non-hydrogen) atoms. The first kappa shape index (κ1) is 17.4. The standard InChI is InChI=1S/C8H9NO3.C3H7NO2S/c1-5-8(12)7(4-11)6(3-10)2-9-5;4-2(1-7)3(5)6/h2,4,10,12H,3H2,1H3;2,7H,1,4H2,(H,5,6). The lowest BCUT2D eigenvalue weighted by Crippen LogP contribution is -2.31. The van der Waals surface area contributed by atoms with Crippen LogP contribution in [0, 0.1) is 6.92 Å². The van der Waals surface area contributed by atoms with Crippen LogP contribution in [0.3, 0.4) is 0 Å².